The number of piperidine rings is 1. The molecule has 1 atom stereocenters. The first-order valence-corrected chi connectivity index (χ1v) is 7.58. The molecule has 5 heteroatoms. The Morgan fingerprint density at radius 2 is 2.10 bits per heavy atom. The number of nitrogens with zero attached hydrogens (tertiary/aromatic N) is 1. The molecule has 0 bridgehead atoms. The third-order valence-electron chi connectivity index (χ3n) is 4.03. The number of rotatable bonds is 3. The van der Waals surface area contributed by atoms with E-state index in [-0.39, 0.29) is 5.91 Å². The molecule has 2 aliphatic rings. The van der Waals surface area contributed by atoms with Gasteiger partial charge in [-0.2, -0.15) is 0 Å². The number of carbonyl (C=O) groups excluding carboxylic acids is 1. The van der Waals surface area contributed by atoms with E-state index in [0.29, 0.717) is 25.7 Å². The molecular weight excluding hydrogens is 268 g/mol. The summed E-state index contributed by atoms with van der Waals surface area (Å²) in [5, 5.41) is 3.52. The van der Waals surface area contributed by atoms with Gasteiger partial charge in [0.2, 0.25) is 5.91 Å². The van der Waals surface area contributed by atoms with Gasteiger partial charge in [0.15, 0.2) is 11.5 Å². The Balaban J connectivity index is 1.58. The van der Waals surface area contributed by atoms with Crippen molar-refractivity contribution in [2.45, 2.75) is 31.8 Å². The molecule has 1 saturated heterocycles. The molecule has 21 heavy (non-hydrogen) atoms. The topological polar surface area (TPSA) is 50.8 Å². The summed E-state index contributed by atoms with van der Waals surface area (Å²) < 4.78 is 11.3. The van der Waals surface area contributed by atoms with E-state index in [4.69, 9.17) is 9.47 Å². The molecule has 1 amide bonds. The maximum absolute atomic E-state index is 11.5. The first-order chi connectivity index (χ1) is 10.2. The van der Waals surface area contributed by atoms with E-state index in [2.05, 4.69) is 11.4 Å². The van der Waals surface area contributed by atoms with Gasteiger partial charge in [0.1, 0.15) is 0 Å². The third kappa shape index (κ3) is 3.47. The van der Waals surface area contributed by atoms with Gasteiger partial charge >= 0.3 is 0 Å². The van der Waals surface area contributed by atoms with Crippen LogP contribution < -0.4 is 14.8 Å². The van der Waals surface area contributed by atoms with Crippen LogP contribution in [0, 0.1) is 0 Å². The van der Waals surface area contributed by atoms with Gasteiger partial charge < -0.3 is 19.7 Å². The summed E-state index contributed by atoms with van der Waals surface area (Å²) in [5.41, 5.74) is 1.18. The van der Waals surface area contributed by atoms with Crippen LogP contribution in [-0.2, 0) is 11.3 Å². The summed E-state index contributed by atoms with van der Waals surface area (Å²) in [4.78, 5) is 13.3. The molecule has 5 nitrogen and oxygen atoms in total. The van der Waals surface area contributed by atoms with Crippen LogP contribution in [0.4, 0.5) is 0 Å². The molecular formula is C16H22N2O3. The minimum Gasteiger partial charge on any atom is -0.490 e. The highest BCUT2D eigenvalue weighted by Gasteiger charge is 2.22. The molecule has 0 spiro atoms. The predicted molar refractivity (Wildman–Crippen MR) is 79.5 cm³/mol. The lowest BCUT2D eigenvalue weighted by Gasteiger charge is -2.30. The van der Waals surface area contributed by atoms with Crippen LogP contribution in [0.25, 0.3) is 0 Å². The van der Waals surface area contributed by atoms with Crippen molar-refractivity contribution in [3.63, 3.8) is 0 Å². The molecule has 1 N–H and O–H groups in total. The largest absolute Gasteiger partial charge is 0.490 e. The highest BCUT2D eigenvalue weighted by atomic mass is 16.5. The average Bonchev–Trinajstić information content (AvgIpc) is 2.73. The molecule has 3 rings (SSSR count). The highest BCUT2D eigenvalue weighted by Crippen LogP contribution is 2.30. The van der Waals surface area contributed by atoms with Gasteiger partial charge in [0.25, 0.3) is 0 Å². The summed E-state index contributed by atoms with van der Waals surface area (Å²) in [6.45, 7) is 2.99. The van der Waals surface area contributed by atoms with Crippen molar-refractivity contribution < 1.29 is 14.3 Å². The number of carbonyl (C=O) groups is 1. The van der Waals surface area contributed by atoms with Crippen LogP contribution in [0.3, 0.4) is 0 Å². The van der Waals surface area contributed by atoms with Crippen molar-refractivity contribution >= 4 is 5.91 Å². The van der Waals surface area contributed by atoms with Gasteiger partial charge in [-0.3, -0.25) is 4.79 Å². The molecule has 2 heterocycles. The number of likely N-dealkylation sites (N-methyl/N-ethyl adjacent to an activating group) is 1. The van der Waals surface area contributed by atoms with Gasteiger partial charge in [-0.05, 0) is 24.1 Å². The molecule has 1 aromatic rings. The first kappa shape index (κ1) is 14.2. The van der Waals surface area contributed by atoms with E-state index < -0.39 is 0 Å². The van der Waals surface area contributed by atoms with Crippen LogP contribution >= 0.6 is 0 Å². The molecule has 2 aliphatic heterocycles. The minimum atomic E-state index is 0.239. The zero-order chi connectivity index (χ0) is 14.7. The summed E-state index contributed by atoms with van der Waals surface area (Å²) in [5.74, 6) is 1.91. The SMILES string of the molecule is CN1CC(NCc2ccc3c(c2)OCCCO3)CCC1=O. The van der Waals surface area contributed by atoms with Crippen molar-refractivity contribution in [2.75, 3.05) is 26.8 Å². The number of likely N-dealkylation sites (tertiary alicyclic amines) is 1. The average molecular weight is 290 g/mol. The van der Waals surface area contributed by atoms with Crippen molar-refractivity contribution in [2.24, 2.45) is 0 Å². The van der Waals surface area contributed by atoms with Crippen molar-refractivity contribution in [3.05, 3.63) is 23.8 Å². The molecule has 0 radical (unpaired) electrons. The Morgan fingerprint density at radius 1 is 1.29 bits per heavy atom. The van der Waals surface area contributed by atoms with Crippen LogP contribution in [0.1, 0.15) is 24.8 Å². The monoisotopic (exact) mass is 290 g/mol. The Hall–Kier alpha value is -1.75. The Bertz CT molecular complexity index is 518. The third-order valence-corrected chi connectivity index (χ3v) is 4.03. The summed E-state index contributed by atoms with van der Waals surface area (Å²) in [6, 6.07) is 6.46. The van der Waals surface area contributed by atoms with E-state index in [1.165, 1.54) is 5.56 Å². The Morgan fingerprint density at radius 3 is 2.90 bits per heavy atom. The van der Waals surface area contributed by atoms with Gasteiger partial charge in [0, 0.05) is 39.0 Å². The number of hydrogen-bond acceptors (Lipinski definition) is 4. The van der Waals surface area contributed by atoms with Crippen LogP contribution in [-0.4, -0.2) is 43.7 Å². The maximum Gasteiger partial charge on any atom is 0.222 e. The van der Waals surface area contributed by atoms with Crippen LogP contribution in [0.15, 0.2) is 18.2 Å². The Labute approximate surface area is 125 Å². The lowest BCUT2D eigenvalue weighted by atomic mass is 10.1. The molecule has 0 aromatic heterocycles. The van der Waals surface area contributed by atoms with E-state index >= 15 is 0 Å². The molecule has 0 saturated carbocycles. The highest BCUT2D eigenvalue weighted by molar-refractivity contribution is 5.76. The zero-order valence-electron chi connectivity index (χ0n) is 12.4. The molecule has 1 unspecified atom stereocenters. The molecule has 0 aliphatic carbocycles. The van der Waals surface area contributed by atoms with E-state index in [9.17, 15) is 4.79 Å². The van der Waals surface area contributed by atoms with E-state index in [1.807, 2.05) is 19.2 Å². The summed E-state index contributed by atoms with van der Waals surface area (Å²) >= 11 is 0. The quantitative estimate of drug-likeness (QED) is 0.918. The summed E-state index contributed by atoms with van der Waals surface area (Å²) in [6.07, 6.45) is 2.47. The lowest BCUT2D eigenvalue weighted by molar-refractivity contribution is -0.132. The van der Waals surface area contributed by atoms with Crippen LogP contribution in [0.5, 0.6) is 11.5 Å². The zero-order valence-corrected chi connectivity index (χ0v) is 12.4. The van der Waals surface area contributed by atoms with Crippen molar-refractivity contribution in [3.8, 4) is 11.5 Å². The minimum absolute atomic E-state index is 0.239. The van der Waals surface area contributed by atoms with Gasteiger partial charge in [0.05, 0.1) is 13.2 Å². The molecule has 1 aromatic carbocycles. The first-order valence-electron chi connectivity index (χ1n) is 7.58. The fourth-order valence-corrected chi connectivity index (χ4v) is 2.76. The molecule has 114 valence electrons. The number of amides is 1. The number of ether oxygens (including phenoxy) is 2. The predicted octanol–water partition coefficient (Wildman–Crippen LogP) is 1.56. The van der Waals surface area contributed by atoms with Crippen molar-refractivity contribution in [1.29, 1.82) is 0 Å². The number of nitrogens with one attached hydrogen (secondary N) is 1. The van der Waals surface area contributed by atoms with Gasteiger partial charge in [-0.1, -0.05) is 6.07 Å². The Kier molecular flexibility index (Phi) is 4.29. The second-order valence-corrected chi connectivity index (χ2v) is 5.72. The maximum atomic E-state index is 11.5. The summed E-state index contributed by atoms with van der Waals surface area (Å²) in [7, 11) is 1.86. The lowest BCUT2D eigenvalue weighted by Crippen LogP contribution is -2.46. The number of fused-ring (bicyclic) bond motifs is 1. The standard InChI is InChI=1S/C16H22N2O3/c1-18-11-13(4-6-16(18)19)17-10-12-3-5-14-15(9-12)21-8-2-7-20-14/h3,5,9,13,17H,2,4,6-8,10-11H2,1H3. The smallest absolute Gasteiger partial charge is 0.222 e. The fourth-order valence-electron chi connectivity index (χ4n) is 2.76. The van der Waals surface area contributed by atoms with Crippen molar-refractivity contribution in [1.82, 2.24) is 10.2 Å². The van der Waals surface area contributed by atoms with E-state index in [0.717, 1.165) is 37.4 Å². The normalized spacial score (nSPS) is 22.0. The molecule has 1 fully saturated rings. The van der Waals surface area contributed by atoms with Gasteiger partial charge in [-0.25, -0.2) is 0 Å². The van der Waals surface area contributed by atoms with E-state index in [1.54, 1.807) is 4.90 Å². The number of benzene rings is 1. The second-order valence-electron chi connectivity index (χ2n) is 5.72. The van der Waals surface area contributed by atoms with Crippen LogP contribution in [0.2, 0.25) is 0 Å². The number of hydrogen-bond donors (Lipinski definition) is 1. The fraction of sp³-hybridized carbons (Fsp3) is 0.562. The van der Waals surface area contributed by atoms with Gasteiger partial charge in [-0.15, -0.1) is 0 Å². The second kappa shape index (κ2) is 6.35.